The Kier molecular flexibility index (Phi) is 2.54. The van der Waals surface area contributed by atoms with Gasteiger partial charge in [-0.15, -0.1) is 0 Å². The van der Waals surface area contributed by atoms with Crippen molar-refractivity contribution >= 4 is 21.8 Å². The van der Waals surface area contributed by atoms with Crippen molar-refractivity contribution in [2.24, 2.45) is 10.9 Å². The summed E-state index contributed by atoms with van der Waals surface area (Å²) >= 11 is 3.19. The van der Waals surface area contributed by atoms with Gasteiger partial charge in [-0.2, -0.15) is 0 Å². The normalized spacial score (nSPS) is 18.4. The summed E-state index contributed by atoms with van der Waals surface area (Å²) in [6.07, 6.45) is 0. The number of rotatable bonds is 1. The molecule has 0 aromatic heterocycles. The van der Waals surface area contributed by atoms with Gasteiger partial charge in [-0.25, -0.2) is 0 Å². The number of nitrogens with one attached hydrogen (secondary N) is 1. The van der Waals surface area contributed by atoms with Crippen LogP contribution in [-0.4, -0.2) is 17.5 Å². The van der Waals surface area contributed by atoms with E-state index >= 15 is 0 Å². The first-order valence-electron chi connectivity index (χ1n) is 3.50. The smallest absolute Gasteiger partial charge is 0.202 e. The molecular weight excluding hydrogens is 208 g/mol. The third-order valence-corrected chi connectivity index (χ3v) is 2.06. The van der Waals surface area contributed by atoms with Crippen LogP contribution in [-0.2, 0) is 0 Å². The molecule has 0 amide bonds. The maximum absolute atomic E-state index is 9.24. The fraction of sp³-hybridized carbons (Fsp3) is 0.571. The lowest BCUT2D eigenvalue weighted by atomic mass is 10.2. The van der Waals surface area contributed by atoms with E-state index in [0.29, 0.717) is 16.9 Å². The molecule has 4 heteroatoms. The molecule has 0 aliphatic carbocycles. The first kappa shape index (κ1) is 8.59. The molecule has 0 fully saturated rings. The monoisotopic (exact) mass is 218 g/mol. The summed E-state index contributed by atoms with van der Waals surface area (Å²) in [7, 11) is 0. The number of aliphatic imine (C=N–C) groups is 1. The lowest BCUT2D eigenvalue weighted by molar-refractivity contribution is 0.379. The average Bonchev–Trinajstić information content (AvgIpc) is 1.94. The van der Waals surface area contributed by atoms with E-state index in [9.17, 15) is 5.11 Å². The molecular formula is C7H11BrN2O. The van der Waals surface area contributed by atoms with Crippen molar-refractivity contribution < 1.29 is 5.11 Å². The first-order chi connectivity index (χ1) is 5.11. The topological polar surface area (TPSA) is 44.6 Å². The second-order valence-corrected chi connectivity index (χ2v) is 3.69. The average molecular weight is 219 g/mol. The Morgan fingerprint density at radius 1 is 1.64 bits per heavy atom. The van der Waals surface area contributed by atoms with Crippen LogP contribution >= 0.6 is 15.9 Å². The summed E-state index contributed by atoms with van der Waals surface area (Å²) < 4.78 is 0.710. The minimum atomic E-state index is 0.184. The number of aliphatic hydroxyl groups excluding tert-OH is 1. The zero-order valence-electron chi connectivity index (χ0n) is 6.56. The van der Waals surface area contributed by atoms with Crippen molar-refractivity contribution in [1.29, 1.82) is 0 Å². The van der Waals surface area contributed by atoms with E-state index < -0.39 is 0 Å². The van der Waals surface area contributed by atoms with Gasteiger partial charge in [0.15, 0.2) is 0 Å². The molecule has 3 nitrogen and oxygen atoms in total. The van der Waals surface area contributed by atoms with E-state index in [0.717, 1.165) is 5.84 Å². The van der Waals surface area contributed by atoms with Crippen molar-refractivity contribution in [1.82, 2.24) is 5.32 Å². The largest absolute Gasteiger partial charge is 0.494 e. The second-order valence-electron chi connectivity index (χ2n) is 2.73. The summed E-state index contributed by atoms with van der Waals surface area (Å²) in [6.45, 7) is 4.59. The van der Waals surface area contributed by atoms with Gasteiger partial charge in [-0.1, -0.05) is 13.8 Å². The summed E-state index contributed by atoms with van der Waals surface area (Å²) in [5.74, 6) is 1.35. The van der Waals surface area contributed by atoms with Gasteiger partial charge in [0.05, 0.1) is 11.0 Å². The summed E-state index contributed by atoms with van der Waals surface area (Å²) in [5, 5.41) is 12.0. The van der Waals surface area contributed by atoms with Crippen LogP contribution in [0.2, 0.25) is 0 Å². The fourth-order valence-corrected chi connectivity index (χ4v) is 1.01. The molecule has 0 aromatic carbocycles. The van der Waals surface area contributed by atoms with Crippen molar-refractivity contribution in [3.05, 3.63) is 10.4 Å². The van der Waals surface area contributed by atoms with Gasteiger partial charge in [-0.3, -0.25) is 4.99 Å². The lowest BCUT2D eigenvalue weighted by Gasteiger charge is -2.17. The van der Waals surface area contributed by atoms with Crippen LogP contribution < -0.4 is 5.32 Å². The predicted molar refractivity (Wildman–Crippen MR) is 48.9 cm³/mol. The summed E-state index contributed by atoms with van der Waals surface area (Å²) in [6, 6.07) is 0. The first-order valence-corrected chi connectivity index (χ1v) is 4.29. The van der Waals surface area contributed by atoms with Crippen LogP contribution in [0.1, 0.15) is 13.8 Å². The zero-order chi connectivity index (χ0) is 8.43. The maximum Gasteiger partial charge on any atom is 0.202 e. The molecule has 0 bridgehead atoms. The van der Waals surface area contributed by atoms with E-state index in [2.05, 4.69) is 26.2 Å². The number of aliphatic hydroxyl groups is 1. The highest BCUT2D eigenvalue weighted by atomic mass is 79.9. The highest BCUT2D eigenvalue weighted by molar-refractivity contribution is 9.11. The molecule has 2 N–H and O–H groups in total. The molecule has 0 aromatic rings. The van der Waals surface area contributed by atoms with Crippen LogP contribution in [0.3, 0.4) is 0 Å². The lowest BCUT2D eigenvalue weighted by Crippen LogP contribution is -2.31. The van der Waals surface area contributed by atoms with Gasteiger partial charge in [-0.05, 0) is 15.9 Å². The van der Waals surface area contributed by atoms with Gasteiger partial charge in [0.1, 0.15) is 5.84 Å². The van der Waals surface area contributed by atoms with E-state index in [1.807, 2.05) is 13.8 Å². The highest BCUT2D eigenvalue weighted by Gasteiger charge is 2.13. The molecule has 0 atom stereocenters. The van der Waals surface area contributed by atoms with Crippen LogP contribution in [0.15, 0.2) is 15.4 Å². The zero-order valence-corrected chi connectivity index (χ0v) is 8.14. The van der Waals surface area contributed by atoms with Gasteiger partial charge in [0.25, 0.3) is 0 Å². The quantitative estimate of drug-likeness (QED) is 0.705. The van der Waals surface area contributed by atoms with Crippen LogP contribution in [0, 0.1) is 5.92 Å². The maximum atomic E-state index is 9.24. The molecule has 0 unspecified atom stereocenters. The molecule has 1 rings (SSSR count). The van der Waals surface area contributed by atoms with E-state index in [1.165, 1.54) is 0 Å². The number of nitrogens with zero attached hydrogens (tertiary/aromatic N) is 1. The number of hydrogen-bond acceptors (Lipinski definition) is 3. The Morgan fingerprint density at radius 3 is 2.73 bits per heavy atom. The Balaban J connectivity index is 2.67. The van der Waals surface area contributed by atoms with Gasteiger partial charge in [0.2, 0.25) is 5.88 Å². The predicted octanol–water partition coefficient (Wildman–Crippen LogP) is 1.77. The minimum absolute atomic E-state index is 0.184. The van der Waals surface area contributed by atoms with Gasteiger partial charge >= 0.3 is 0 Å². The van der Waals surface area contributed by atoms with E-state index in [1.54, 1.807) is 0 Å². The van der Waals surface area contributed by atoms with E-state index in [4.69, 9.17) is 0 Å². The molecule has 1 heterocycles. The number of hydrogen-bond donors (Lipinski definition) is 2. The Labute approximate surface area is 74.3 Å². The second kappa shape index (κ2) is 3.26. The van der Waals surface area contributed by atoms with Crippen LogP contribution in [0.25, 0.3) is 0 Å². The minimum Gasteiger partial charge on any atom is -0.494 e. The summed E-state index contributed by atoms with van der Waals surface area (Å²) in [5.41, 5.74) is 0. The molecule has 1 aliphatic heterocycles. The van der Waals surface area contributed by atoms with Crippen molar-refractivity contribution in [3.63, 3.8) is 0 Å². The van der Waals surface area contributed by atoms with Crippen molar-refractivity contribution in [3.8, 4) is 0 Å². The standard InChI is InChI=1S/C7H11BrN2O/c1-4(2)6-9-3-5(8)7(11)10-6/h4,11H,3H2,1-2H3,(H,9,10). The Morgan fingerprint density at radius 2 is 2.27 bits per heavy atom. The highest BCUT2D eigenvalue weighted by Crippen LogP contribution is 2.13. The molecule has 11 heavy (non-hydrogen) atoms. The number of amidine groups is 1. The third kappa shape index (κ3) is 1.96. The van der Waals surface area contributed by atoms with Gasteiger partial charge in [0, 0.05) is 5.92 Å². The van der Waals surface area contributed by atoms with Crippen molar-refractivity contribution in [2.75, 3.05) is 6.54 Å². The molecule has 0 radical (unpaired) electrons. The SMILES string of the molecule is CC(C)C1=NCC(Br)=C(O)N1. The Hall–Kier alpha value is -0.510. The number of halogens is 1. The van der Waals surface area contributed by atoms with E-state index in [-0.39, 0.29) is 5.88 Å². The van der Waals surface area contributed by atoms with Crippen LogP contribution in [0.4, 0.5) is 0 Å². The molecule has 1 aliphatic rings. The van der Waals surface area contributed by atoms with Crippen molar-refractivity contribution in [2.45, 2.75) is 13.8 Å². The molecule has 0 saturated carbocycles. The Bertz CT molecular complexity index is 220. The molecule has 0 spiro atoms. The third-order valence-electron chi connectivity index (χ3n) is 1.44. The van der Waals surface area contributed by atoms with Gasteiger partial charge < -0.3 is 10.4 Å². The molecule has 62 valence electrons. The molecule has 0 saturated heterocycles. The van der Waals surface area contributed by atoms with Crippen LogP contribution in [0.5, 0.6) is 0 Å². The summed E-state index contributed by atoms with van der Waals surface area (Å²) in [4.78, 5) is 4.20. The fourth-order valence-electron chi connectivity index (χ4n) is 0.785.